The van der Waals surface area contributed by atoms with Crippen LogP contribution in [0.3, 0.4) is 0 Å². The van der Waals surface area contributed by atoms with Gasteiger partial charge in [0.1, 0.15) is 44.7 Å². The number of anilines is 6. The maximum Gasteiger partial charge on any atom is 0.159 e. The van der Waals surface area contributed by atoms with Crippen LogP contribution in [0.5, 0.6) is 0 Å². The third kappa shape index (κ3) is 9.90. The van der Waals surface area contributed by atoms with Crippen molar-refractivity contribution in [2.24, 2.45) is 0 Å². The van der Waals surface area contributed by atoms with Gasteiger partial charge in [0.2, 0.25) is 0 Å². The Morgan fingerprint density at radius 2 is 0.519 bits per heavy atom. The molecule has 0 radical (unpaired) electrons. The molecule has 0 fully saturated rings. The molecule has 608 valence electrons. The van der Waals surface area contributed by atoms with Gasteiger partial charge in [-0.25, -0.2) is 0 Å². The van der Waals surface area contributed by atoms with E-state index in [0.29, 0.717) is 0 Å². The van der Waals surface area contributed by atoms with Crippen LogP contribution in [0.15, 0.2) is 459 Å². The Bertz CT molecular complexity index is 9360. The topological polar surface area (TPSA) is 72.2 Å². The van der Waals surface area contributed by atoms with E-state index in [-0.39, 0.29) is 0 Å². The van der Waals surface area contributed by atoms with E-state index in [0.717, 1.165) is 161 Å². The minimum Gasteiger partial charge on any atom is -0.456 e. The highest BCUT2D eigenvalue weighted by molar-refractivity contribution is 6.22. The Morgan fingerprint density at radius 1 is 0.168 bits per heavy atom. The molecule has 0 saturated carbocycles. The standard InChI is InChI=1S/C65H37NO3.C59H35NO2/c1-2-15-41(16-3-1)66(56-24-12-20-47-45-18-5-8-25-57(45)68-63(47)56)42-29-34-60-51(37-42)50-35-39(28-33-59(50)67-60)40-27-30-44-43-17-4-7-22-52(43)65(55(44)36-40)53-23-11-14-38-13-10-21-49(61(38)53)62-54(65)32-31-48-46-19-6-9-26-58(46)69-64(48)62;1-2-14-37(15-3-1)60(52-25-13-21-45-42-18-6-10-26-53(42)61-57(45)52)38-30-28-36(29-31-38)39-32-33-47-55-44(39)20-12-24-50(55)59(48-22-8-4-16-40(48)41-17-5-9-23-49(41)59)51-35-34-46-43-19-7-11-27-54(43)62-58(46)56(47)51/h1-37H;1-35H. The van der Waals surface area contributed by atoms with Crippen LogP contribution in [0, 0.1) is 0 Å². The van der Waals surface area contributed by atoms with Crippen LogP contribution < -0.4 is 9.80 Å². The largest absolute Gasteiger partial charge is 0.456 e. The van der Waals surface area contributed by atoms with E-state index in [9.17, 15) is 0 Å². The Balaban J connectivity index is 0.000000129. The first-order valence-corrected chi connectivity index (χ1v) is 45.0. The van der Waals surface area contributed by atoms with E-state index in [1.165, 1.54) is 116 Å². The van der Waals surface area contributed by atoms with E-state index in [4.69, 9.17) is 22.1 Å². The van der Waals surface area contributed by atoms with Gasteiger partial charge in [0.25, 0.3) is 0 Å². The minimum absolute atomic E-state index is 0.543. The van der Waals surface area contributed by atoms with Crippen LogP contribution in [0.4, 0.5) is 34.1 Å². The van der Waals surface area contributed by atoms with Gasteiger partial charge in [-0.2, -0.15) is 0 Å². The molecule has 21 aromatic carbocycles. The second kappa shape index (κ2) is 27.1. The SMILES string of the molecule is c1ccc(N(c2ccc(-c3ccc4c5c(cccc35)C3(c5ccccc5-c5ccccc53)c3ccc5c(oc6ccccc65)c3-4)cc2)c2cccc3c2oc2ccccc23)cc1.c1ccc(N(c2ccc3oc4ccc(-c5ccc6c(c5)C5(c7ccccc7-6)c6ccc7c(oc8ccccc87)c6-c6cccc7cccc5c67)cc4c3c2)c2cccc3c2oc2ccccc23)cc1. The molecule has 5 heterocycles. The summed E-state index contributed by atoms with van der Waals surface area (Å²) in [7, 11) is 0. The molecule has 0 amide bonds. The van der Waals surface area contributed by atoms with Crippen molar-refractivity contribution in [3.63, 3.8) is 0 Å². The quantitative estimate of drug-likeness (QED) is 0.150. The summed E-state index contributed by atoms with van der Waals surface area (Å²) in [5, 5.41) is 16.1. The predicted octanol–water partition coefficient (Wildman–Crippen LogP) is 34.1. The lowest BCUT2D eigenvalue weighted by Crippen LogP contribution is -2.31. The van der Waals surface area contributed by atoms with Gasteiger partial charge in [0.05, 0.1) is 22.2 Å². The Labute approximate surface area is 751 Å². The first-order valence-electron chi connectivity index (χ1n) is 45.0. The summed E-state index contributed by atoms with van der Waals surface area (Å²) in [6, 6.07) is 158. The molecule has 26 aromatic rings. The third-order valence-corrected chi connectivity index (χ3v) is 28.9. The van der Waals surface area contributed by atoms with E-state index in [1.54, 1.807) is 0 Å². The summed E-state index contributed by atoms with van der Waals surface area (Å²) >= 11 is 0. The van der Waals surface area contributed by atoms with Gasteiger partial charge in [0, 0.05) is 87.7 Å². The molecule has 7 heteroatoms. The lowest BCUT2D eigenvalue weighted by molar-refractivity contribution is 0.666. The molecular formula is C124H72N2O5. The zero-order valence-electron chi connectivity index (χ0n) is 70.5. The number of hydrogen-bond acceptors (Lipinski definition) is 7. The lowest BCUT2D eigenvalue weighted by Gasteiger charge is -2.40. The smallest absolute Gasteiger partial charge is 0.159 e. The van der Waals surface area contributed by atoms with Crippen molar-refractivity contribution in [2.75, 3.05) is 9.80 Å². The van der Waals surface area contributed by atoms with Crippen LogP contribution in [-0.4, -0.2) is 0 Å². The van der Waals surface area contributed by atoms with Crippen LogP contribution in [0.25, 0.3) is 198 Å². The number of hydrogen-bond donors (Lipinski definition) is 0. The second-order valence-corrected chi connectivity index (χ2v) is 35.3. The lowest BCUT2D eigenvalue weighted by atomic mass is 9.61. The van der Waals surface area contributed by atoms with Gasteiger partial charge in [-0.1, -0.05) is 328 Å². The first kappa shape index (κ1) is 72.0. The summed E-state index contributed by atoms with van der Waals surface area (Å²) in [5.41, 5.74) is 38.6. The van der Waals surface area contributed by atoms with Crippen molar-refractivity contribution in [1.82, 2.24) is 0 Å². The van der Waals surface area contributed by atoms with E-state index in [2.05, 4.69) is 422 Å². The van der Waals surface area contributed by atoms with Crippen molar-refractivity contribution in [1.29, 1.82) is 0 Å². The molecule has 1 unspecified atom stereocenters. The van der Waals surface area contributed by atoms with E-state index >= 15 is 0 Å². The maximum absolute atomic E-state index is 6.93. The number of para-hydroxylation sites is 8. The highest BCUT2D eigenvalue weighted by atomic mass is 16.3. The molecule has 0 saturated heterocycles. The fourth-order valence-electron chi connectivity index (χ4n) is 23.6. The van der Waals surface area contributed by atoms with Crippen LogP contribution >= 0.6 is 0 Å². The zero-order chi connectivity index (χ0) is 85.5. The van der Waals surface area contributed by atoms with Crippen molar-refractivity contribution in [3.8, 4) is 66.8 Å². The number of fused-ring (bicyclic) bond motifs is 35. The van der Waals surface area contributed by atoms with Crippen molar-refractivity contribution in [3.05, 3.63) is 481 Å². The predicted molar refractivity (Wildman–Crippen MR) is 537 cm³/mol. The average molecular weight is 1670 g/mol. The number of furan rings is 5. The molecule has 2 spiro atoms. The Morgan fingerprint density at radius 3 is 1.08 bits per heavy atom. The molecule has 4 aliphatic carbocycles. The van der Waals surface area contributed by atoms with Gasteiger partial charge >= 0.3 is 0 Å². The molecule has 5 aromatic heterocycles. The summed E-state index contributed by atoms with van der Waals surface area (Å²) in [4.78, 5) is 4.60. The number of rotatable bonds is 8. The fraction of sp³-hybridized carbons (Fsp3) is 0.0161. The van der Waals surface area contributed by atoms with Crippen LogP contribution in [0.2, 0.25) is 0 Å². The molecule has 7 nitrogen and oxygen atoms in total. The molecule has 0 N–H and O–H groups in total. The van der Waals surface area contributed by atoms with Gasteiger partial charge in [-0.3, -0.25) is 0 Å². The summed E-state index contributed by atoms with van der Waals surface area (Å²) in [6.45, 7) is 0. The fourth-order valence-corrected chi connectivity index (χ4v) is 23.6. The van der Waals surface area contributed by atoms with Gasteiger partial charge in [-0.15, -0.1) is 0 Å². The highest BCUT2D eigenvalue weighted by Crippen LogP contribution is 2.67. The zero-order valence-corrected chi connectivity index (χ0v) is 70.5. The normalized spacial score (nSPS) is 14.0. The Hall–Kier alpha value is -17.3. The maximum atomic E-state index is 6.93. The van der Waals surface area contributed by atoms with Crippen LogP contribution in [-0.2, 0) is 10.8 Å². The Kier molecular flexibility index (Phi) is 14.9. The third-order valence-electron chi connectivity index (χ3n) is 28.9. The van der Waals surface area contributed by atoms with Gasteiger partial charge in [-0.05, 0) is 231 Å². The van der Waals surface area contributed by atoms with Gasteiger partial charge in [0.15, 0.2) is 11.2 Å². The van der Waals surface area contributed by atoms with E-state index < -0.39 is 10.8 Å². The minimum atomic E-state index is -0.608. The summed E-state index contributed by atoms with van der Waals surface area (Å²) < 4.78 is 33.7. The molecule has 1 atom stereocenters. The average Bonchev–Trinajstić information content (AvgIpc) is 1.56. The molecule has 4 aliphatic rings. The van der Waals surface area contributed by atoms with Crippen molar-refractivity contribution < 1.29 is 22.1 Å². The molecular weight excluding hydrogens is 1600 g/mol. The molecule has 0 aliphatic heterocycles. The van der Waals surface area contributed by atoms with Gasteiger partial charge < -0.3 is 31.9 Å². The van der Waals surface area contributed by atoms with Crippen molar-refractivity contribution >= 4 is 165 Å². The first-order chi connectivity index (χ1) is 65.0. The number of benzene rings is 21. The number of nitrogens with zero attached hydrogens (tertiary/aromatic N) is 2. The molecule has 30 rings (SSSR count). The van der Waals surface area contributed by atoms with Crippen LogP contribution in [0.1, 0.15) is 44.5 Å². The second-order valence-electron chi connectivity index (χ2n) is 35.3. The summed E-state index contributed by atoms with van der Waals surface area (Å²) in [6.07, 6.45) is 0. The summed E-state index contributed by atoms with van der Waals surface area (Å²) in [5.74, 6) is 0. The highest BCUT2D eigenvalue weighted by Gasteiger charge is 2.53. The monoisotopic (exact) mass is 1670 g/mol. The van der Waals surface area contributed by atoms with Crippen molar-refractivity contribution in [2.45, 2.75) is 10.8 Å². The van der Waals surface area contributed by atoms with E-state index in [1.807, 2.05) is 24.3 Å². The molecule has 131 heavy (non-hydrogen) atoms. The molecule has 0 bridgehead atoms.